The van der Waals surface area contributed by atoms with Crippen LogP contribution in [0.15, 0.2) is 0 Å². The highest BCUT2D eigenvalue weighted by atomic mass is 32.2. The zero-order valence-electron chi connectivity index (χ0n) is 9.78. The SMILES string of the molecule is CN(CCC(N)=S)C(=O)CC1CCSCC1. The van der Waals surface area contributed by atoms with Crippen molar-refractivity contribution in [2.24, 2.45) is 11.7 Å². The highest BCUT2D eigenvalue weighted by Gasteiger charge is 2.19. The zero-order chi connectivity index (χ0) is 12.0. The molecule has 1 rings (SSSR count). The lowest BCUT2D eigenvalue weighted by Crippen LogP contribution is -2.31. The van der Waals surface area contributed by atoms with Crippen molar-refractivity contribution < 1.29 is 4.79 Å². The Bertz CT molecular complexity index is 252. The number of carbonyl (C=O) groups excluding carboxylic acids is 1. The van der Waals surface area contributed by atoms with Crippen LogP contribution in [0.25, 0.3) is 0 Å². The Morgan fingerprint density at radius 1 is 1.50 bits per heavy atom. The molecule has 0 spiro atoms. The minimum absolute atomic E-state index is 0.230. The third-order valence-electron chi connectivity index (χ3n) is 2.92. The van der Waals surface area contributed by atoms with Gasteiger partial charge in [0.25, 0.3) is 0 Å². The quantitative estimate of drug-likeness (QED) is 0.764. The Balaban J connectivity index is 2.24. The van der Waals surface area contributed by atoms with Gasteiger partial charge >= 0.3 is 0 Å². The van der Waals surface area contributed by atoms with Crippen molar-refractivity contribution in [2.45, 2.75) is 25.7 Å². The molecule has 0 radical (unpaired) electrons. The van der Waals surface area contributed by atoms with Gasteiger partial charge in [-0.25, -0.2) is 0 Å². The average molecular weight is 260 g/mol. The number of nitrogens with zero attached hydrogens (tertiary/aromatic N) is 1. The molecule has 92 valence electrons. The van der Waals surface area contributed by atoms with E-state index in [1.807, 2.05) is 18.8 Å². The summed E-state index contributed by atoms with van der Waals surface area (Å²) in [6, 6.07) is 0. The van der Waals surface area contributed by atoms with Crippen molar-refractivity contribution in [3.05, 3.63) is 0 Å². The van der Waals surface area contributed by atoms with E-state index in [0.717, 1.165) is 0 Å². The Kier molecular flexibility index (Phi) is 6.13. The molecule has 0 aromatic rings. The first-order valence-corrected chi connectivity index (χ1v) is 7.26. The first-order chi connectivity index (χ1) is 7.59. The van der Waals surface area contributed by atoms with E-state index in [1.165, 1.54) is 24.3 Å². The van der Waals surface area contributed by atoms with Crippen LogP contribution in [0.4, 0.5) is 0 Å². The monoisotopic (exact) mass is 260 g/mol. The van der Waals surface area contributed by atoms with Crippen LogP contribution in [0.3, 0.4) is 0 Å². The number of thiocarbonyl (C=S) groups is 1. The van der Waals surface area contributed by atoms with Crippen LogP contribution in [0.1, 0.15) is 25.7 Å². The first-order valence-electron chi connectivity index (χ1n) is 5.69. The minimum Gasteiger partial charge on any atom is -0.393 e. The van der Waals surface area contributed by atoms with Crippen LogP contribution in [-0.4, -0.2) is 40.9 Å². The predicted octanol–water partition coefficient (Wildman–Crippen LogP) is 1.65. The maximum absolute atomic E-state index is 11.9. The molecular formula is C11H20N2OS2. The fourth-order valence-electron chi connectivity index (χ4n) is 1.76. The van der Waals surface area contributed by atoms with Crippen LogP contribution < -0.4 is 5.73 Å². The second-order valence-electron chi connectivity index (χ2n) is 4.29. The molecule has 0 bridgehead atoms. The van der Waals surface area contributed by atoms with E-state index in [4.69, 9.17) is 18.0 Å². The number of amides is 1. The van der Waals surface area contributed by atoms with Crippen molar-refractivity contribution in [1.82, 2.24) is 4.90 Å². The van der Waals surface area contributed by atoms with Crippen molar-refractivity contribution in [3.63, 3.8) is 0 Å². The Morgan fingerprint density at radius 3 is 2.69 bits per heavy atom. The number of rotatable bonds is 5. The number of hydrogen-bond acceptors (Lipinski definition) is 3. The summed E-state index contributed by atoms with van der Waals surface area (Å²) in [6.45, 7) is 0.648. The van der Waals surface area contributed by atoms with Gasteiger partial charge in [-0.05, 0) is 30.3 Å². The maximum Gasteiger partial charge on any atom is 0.222 e. The van der Waals surface area contributed by atoms with Gasteiger partial charge in [0.05, 0.1) is 4.99 Å². The van der Waals surface area contributed by atoms with E-state index in [0.29, 0.717) is 30.3 Å². The van der Waals surface area contributed by atoms with E-state index in [9.17, 15) is 4.79 Å². The van der Waals surface area contributed by atoms with Gasteiger partial charge in [-0.15, -0.1) is 0 Å². The van der Waals surface area contributed by atoms with Crippen molar-refractivity contribution in [2.75, 3.05) is 25.1 Å². The molecule has 3 nitrogen and oxygen atoms in total. The summed E-state index contributed by atoms with van der Waals surface area (Å²) in [5.74, 6) is 3.22. The highest BCUT2D eigenvalue weighted by Crippen LogP contribution is 2.25. The van der Waals surface area contributed by atoms with Crippen LogP contribution in [0.5, 0.6) is 0 Å². The van der Waals surface area contributed by atoms with Gasteiger partial charge < -0.3 is 10.6 Å². The number of hydrogen-bond donors (Lipinski definition) is 1. The lowest BCUT2D eigenvalue weighted by molar-refractivity contribution is -0.130. The molecule has 0 unspecified atom stereocenters. The summed E-state index contributed by atoms with van der Waals surface area (Å²) in [5, 5.41) is 0. The Labute approximate surface area is 107 Å². The summed E-state index contributed by atoms with van der Waals surface area (Å²) >= 11 is 6.79. The Hall–Kier alpha value is -0.290. The molecule has 1 amide bonds. The summed E-state index contributed by atoms with van der Waals surface area (Å²) < 4.78 is 0. The molecule has 0 aliphatic carbocycles. The third-order valence-corrected chi connectivity index (χ3v) is 4.18. The fraction of sp³-hybridized carbons (Fsp3) is 0.818. The molecule has 1 heterocycles. The van der Waals surface area contributed by atoms with Gasteiger partial charge in [0.2, 0.25) is 5.91 Å². The van der Waals surface area contributed by atoms with Gasteiger partial charge in [-0.3, -0.25) is 4.79 Å². The minimum atomic E-state index is 0.230. The molecule has 5 heteroatoms. The summed E-state index contributed by atoms with van der Waals surface area (Å²) in [7, 11) is 1.83. The van der Waals surface area contributed by atoms with Gasteiger partial charge in [-0.2, -0.15) is 11.8 Å². The normalized spacial score (nSPS) is 17.1. The summed E-state index contributed by atoms with van der Waals surface area (Å²) in [4.78, 5) is 14.1. The first kappa shape index (κ1) is 13.8. The number of nitrogens with two attached hydrogens (primary N) is 1. The highest BCUT2D eigenvalue weighted by molar-refractivity contribution is 7.99. The van der Waals surface area contributed by atoms with Crippen LogP contribution in [0.2, 0.25) is 0 Å². The lowest BCUT2D eigenvalue weighted by Gasteiger charge is -2.24. The number of carbonyl (C=O) groups is 1. The lowest BCUT2D eigenvalue weighted by atomic mass is 9.98. The van der Waals surface area contributed by atoms with Gasteiger partial charge in [0.1, 0.15) is 0 Å². The Morgan fingerprint density at radius 2 is 2.12 bits per heavy atom. The van der Waals surface area contributed by atoms with E-state index in [-0.39, 0.29) is 5.91 Å². The van der Waals surface area contributed by atoms with Gasteiger partial charge in [0, 0.05) is 26.4 Å². The molecule has 1 saturated heterocycles. The van der Waals surface area contributed by atoms with E-state index in [1.54, 1.807) is 4.90 Å². The van der Waals surface area contributed by atoms with Crippen LogP contribution in [0, 0.1) is 5.92 Å². The zero-order valence-corrected chi connectivity index (χ0v) is 11.4. The molecule has 0 aromatic heterocycles. The fourth-order valence-corrected chi connectivity index (χ4v) is 3.05. The number of thioether (sulfide) groups is 1. The van der Waals surface area contributed by atoms with E-state index >= 15 is 0 Å². The van der Waals surface area contributed by atoms with Crippen LogP contribution in [-0.2, 0) is 4.79 Å². The molecular weight excluding hydrogens is 240 g/mol. The predicted molar refractivity (Wildman–Crippen MR) is 73.7 cm³/mol. The molecule has 16 heavy (non-hydrogen) atoms. The second-order valence-corrected chi connectivity index (χ2v) is 6.04. The van der Waals surface area contributed by atoms with Gasteiger partial charge in [0.15, 0.2) is 0 Å². The van der Waals surface area contributed by atoms with Crippen molar-refractivity contribution in [3.8, 4) is 0 Å². The molecule has 1 aliphatic rings. The van der Waals surface area contributed by atoms with Crippen molar-refractivity contribution in [1.29, 1.82) is 0 Å². The molecule has 1 aliphatic heterocycles. The van der Waals surface area contributed by atoms with E-state index in [2.05, 4.69) is 0 Å². The topological polar surface area (TPSA) is 46.3 Å². The summed E-state index contributed by atoms with van der Waals surface area (Å²) in [5.41, 5.74) is 5.42. The van der Waals surface area contributed by atoms with Gasteiger partial charge in [-0.1, -0.05) is 12.2 Å². The van der Waals surface area contributed by atoms with E-state index < -0.39 is 0 Å². The molecule has 0 aromatic carbocycles. The molecule has 2 N–H and O–H groups in total. The smallest absolute Gasteiger partial charge is 0.222 e. The average Bonchev–Trinajstić information content (AvgIpc) is 2.27. The standard InChI is InChI=1S/C11H20N2OS2/c1-13(5-2-10(12)15)11(14)8-9-3-6-16-7-4-9/h9H,2-8H2,1H3,(H2,12,15). The van der Waals surface area contributed by atoms with Crippen molar-refractivity contribution >= 4 is 34.9 Å². The summed E-state index contributed by atoms with van der Waals surface area (Å²) in [6.07, 6.45) is 3.67. The maximum atomic E-state index is 11.9. The second kappa shape index (κ2) is 7.12. The third kappa shape index (κ3) is 5.16. The molecule has 0 saturated carbocycles. The van der Waals surface area contributed by atoms with Crippen LogP contribution >= 0.6 is 24.0 Å². The largest absolute Gasteiger partial charge is 0.393 e. The molecule has 1 fully saturated rings. The molecule has 0 atom stereocenters.